The van der Waals surface area contributed by atoms with E-state index >= 15 is 0 Å². The predicted molar refractivity (Wildman–Crippen MR) is 96.9 cm³/mol. The lowest BCUT2D eigenvalue weighted by molar-refractivity contribution is -0.121. The first-order valence-corrected chi connectivity index (χ1v) is 8.18. The van der Waals surface area contributed by atoms with Gasteiger partial charge in [0.25, 0.3) is 0 Å². The molecule has 0 spiro atoms. The highest BCUT2D eigenvalue weighted by Gasteiger charge is 2.11. The molecule has 0 saturated heterocycles. The molecule has 3 aromatic carbocycles. The monoisotopic (exact) mass is 319 g/mol. The molecule has 0 heterocycles. The standard InChI is InChI=1S/C21H21NO2/c1-15(18-11-10-16-6-2-3-8-19(16)14-18)22-21(24)13-12-17-7-4-5-9-20(17)23/h2-11,14-15,23H,12-13H2,1H3,(H,22,24). The van der Waals surface area contributed by atoms with Crippen molar-refractivity contribution in [1.82, 2.24) is 5.32 Å². The Hall–Kier alpha value is -2.81. The van der Waals surface area contributed by atoms with E-state index in [1.54, 1.807) is 12.1 Å². The molecular weight excluding hydrogens is 298 g/mol. The number of benzene rings is 3. The summed E-state index contributed by atoms with van der Waals surface area (Å²) in [6.07, 6.45) is 0.887. The van der Waals surface area contributed by atoms with E-state index in [4.69, 9.17) is 0 Å². The lowest BCUT2D eigenvalue weighted by Crippen LogP contribution is -2.26. The van der Waals surface area contributed by atoms with Crippen molar-refractivity contribution < 1.29 is 9.90 Å². The van der Waals surface area contributed by atoms with Gasteiger partial charge in [-0.25, -0.2) is 0 Å². The quantitative estimate of drug-likeness (QED) is 0.734. The largest absolute Gasteiger partial charge is 0.508 e. The Labute approximate surface area is 142 Å². The van der Waals surface area contributed by atoms with Gasteiger partial charge in [0.05, 0.1) is 6.04 Å². The molecule has 0 saturated carbocycles. The van der Waals surface area contributed by atoms with Crippen molar-refractivity contribution in [2.45, 2.75) is 25.8 Å². The highest BCUT2D eigenvalue weighted by Crippen LogP contribution is 2.21. The van der Waals surface area contributed by atoms with Crippen molar-refractivity contribution in [2.75, 3.05) is 0 Å². The Morgan fingerprint density at radius 1 is 1.00 bits per heavy atom. The molecule has 0 aliphatic heterocycles. The molecule has 3 rings (SSSR count). The fourth-order valence-electron chi connectivity index (χ4n) is 2.84. The number of aryl methyl sites for hydroxylation is 1. The molecule has 0 bridgehead atoms. The van der Waals surface area contributed by atoms with Gasteiger partial charge in [-0.1, -0.05) is 54.6 Å². The normalized spacial score (nSPS) is 12.0. The van der Waals surface area contributed by atoms with Gasteiger partial charge in [-0.3, -0.25) is 4.79 Å². The Balaban J connectivity index is 1.61. The summed E-state index contributed by atoms with van der Waals surface area (Å²) < 4.78 is 0. The Kier molecular flexibility index (Phi) is 4.80. The van der Waals surface area contributed by atoms with Crippen LogP contribution in [-0.2, 0) is 11.2 Å². The van der Waals surface area contributed by atoms with Crippen LogP contribution >= 0.6 is 0 Å². The third-order valence-corrected chi connectivity index (χ3v) is 4.26. The van der Waals surface area contributed by atoms with Crippen molar-refractivity contribution in [1.29, 1.82) is 0 Å². The number of amides is 1. The lowest BCUT2D eigenvalue weighted by Gasteiger charge is -2.15. The lowest BCUT2D eigenvalue weighted by atomic mass is 10.0. The summed E-state index contributed by atoms with van der Waals surface area (Å²) in [7, 11) is 0. The van der Waals surface area contributed by atoms with Gasteiger partial charge in [-0.15, -0.1) is 0 Å². The second kappa shape index (κ2) is 7.18. The number of para-hydroxylation sites is 1. The molecule has 0 aliphatic rings. The zero-order valence-electron chi connectivity index (χ0n) is 13.7. The Bertz CT molecular complexity index is 857. The molecule has 1 atom stereocenters. The Morgan fingerprint density at radius 2 is 1.71 bits per heavy atom. The molecule has 122 valence electrons. The molecule has 0 radical (unpaired) electrons. The SMILES string of the molecule is CC(NC(=O)CCc1ccccc1O)c1ccc2ccccc2c1. The van der Waals surface area contributed by atoms with Crippen LogP contribution in [0.1, 0.15) is 30.5 Å². The van der Waals surface area contributed by atoms with Gasteiger partial charge in [0.2, 0.25) is 5.91 Å². The van der Waals surface area contributed by atoms with Gasteiger partial charge < -0.3 is 10.4 Å². The number of fused-ring (bicyclic) bond motifs is 1. The summed E-state index contributed by atoms with van der Waals surface area (Å²) in [5.41, 5.74) is 1.88. The maximum Gasteiger partial charge on any atom is 0.220 e. The second-order valence-electron chi connectivity index (χ2n) is 6.02. The third kappa shape index (κ3) is 3.74. The number of carbonyl (C=O) groups is 1. The van der Waals surface area contributed by atoms with E-state index < -0.39 is 0 Å². The van der Waals surface area contributed by atoms with Crippen LogP contribution in [0.2, 0.25) is 0 Å². The summed E-state index contributed by atoms with van der Waals surface area (Å²) in [6, 6.07) is 21.5. The molecule has 3 heteroatoms. The summed E-state index contributed by atoms with van der Waals surface area (Å²) in [4.78, 5) is 12.2. The molecule has 1 amide bonds. The number of hydrogen-bond acceptors (Lipinski definition) is 2. The fourth-order valence-corrected chi connectivity index (χ4v) is 2.84. The van der Waals surface area contributed by atoms with E-state index in [9.17, 15) is 9.90 Å². The van der Waals surface area contributed by atoms with E-state index in [0.717, 1.165) is 11.1 Å². The first-order chi connectivity index (χ1) is 11.6. The van der Waals surface area contributed by atoms with Crippen LogP contribution in [0.25, 0.3) is 10.8 Å². The summed E-state index contributed by atoms with van der Waals surface area (Å²) in [6.45, 7) is 1.99. The van der Waals surface area contributed by atoms with E-state index in [-0.39, 0.29) is 17.7 Å². The number of rotatable bonds is 5. The highest BCUT2D eigenvalue weighted by molar-refractivity contribution is 5.83. The fraction of sp³-hybridized carbons (Fsp3) is 0.190. The Morgan fingerprint density at radius 3 is 2.50 bits per heavy atom. The van der Waals surface area contributed by atoms with Gasteiger partial charge >= 0.3 is 0 Å². The first-order valence-electron chi connectivity index (χ1n) is 8.18. The maximum absolute atomic E-state index is 12.2. The van der Waals surface area contributed by atoms with Crippen molar-refractivity contribution in [3.63, 3.8) is 0 Å². The molecule has 0 fully saturated rings. The van der Waals surface area contributed by atoms with Crippen molar-refractivity contribution in [3.8, 4) is 5.75 Å². The molecule has 0 aliphatic carbocycles. The summed E-state index contributed by atoms with van der Waals surface area (Å²) in [5, 5.41) is 15.1. The van der Waals surface area contributed by atoms with Gasteiger partial charge in [-0.05, 0) is 47.4 Å². The van der Waals surface area contributed by atoms with Crippen LogP contribution in [0.5, 0.6) is 5.75 Å². The van der Waals surface area contributed by atoms with E-state index in [1.807, 2.05) is 31.2 Å². The zero-order chi connectivity index (χ0) is 16.9. The molecule has 3 aromatic rings. The van der Waals surface area contributed by atoms with Crippen LogP contribution in [-0.4, -0.2) is 11.0 Å². The predicted octanol–water partition coefficient (Wildman–Crippen LogP) is 4.36. The first kappa shape index (κ1) is 16.1. The highest BCUT2D eigenvalue weighted by atomic mass is 16.3. The van der Waals surface area contributed by atoms with Crippen molar-refractivity contribution in [2.24, 2.45) is 0 Å². The average Bonchev–Trinajstić information content (AvgIpc) is 2.60. The minimum absolute atomic E-state index is 0.0149. The van der Waals surface area contributed by atoms with E-state index in [0.29, 0.717) is 12.8 Å². The molecular formula is C21H21NO2. The average molecular weight is 319 g/mol. The van der Waals surface area contributed by atoms with Crippen LogP contribution in [0.3, 0.4) is 0 Å². The number of nitrogens with one attached hydrogen (secondary N) is 1. The van der Waals surface area contributed by atoms with Gasteiger partial charge in [0, 0.05) is 6.42 Å². The number of hydrogen-bond donors (Lipinski definition) is 2. The van der Waals surface area contributed by atoms with Crippen LogP contribution < -0.4 is 5.32 Å². The van der Waals surface area contributed by atoms with Crippen LogP contribution in [0, 0.1) is 0 Å². The van der Waals surface area contributed by atoms with E-state index in [1.165, 1.54) is 10.8 Å². The molecule has 1 unspecified atom stereocenters. The van der Waals surface area contributed by atoms with Crippen LogP contribution in [0.15, 0.2) is 66.7 Å². The summed E-state index contributed by atoms with van der Waals surface area (Å²) in [5.74, 6) is 0.229. The number of phenolic OH excluding ortho intramolecular Hbond substituents is 1. The maximum atomic E-state index is 12.2. The smallest absolute Gasteiger partial charge is 0.220 e. The number of carbonyl (C=O) groups excluding carboxylic acids is 1. The van der Waals surface area contributed by atoms with Gasteiger partial charge in [-0.2, -0.15) is 0 Å². The van der Waals surface area contributed by atoms with Gasteiger partial charge in [0.1, 0.15) is 5.75 Å². The molecule has 3 nitrogen and oxygen atoms in total. The molecule has 0 aromatic heterocycles. The van der Waals surface area contributed by atoms with Crippen molar-refractivity contribution in [3.05, 3.63) is 77.9 Å². The topological polar surface area (TPSA) is 49.3 Å². The summed E-state index contributed by atoms with van der Waals surface area (Å²) >= 11 is 0. The number of aromatic hydroxyl groups is 1. The minimum Gasteiger partial charge on any atom is -0.508 e. The van der Waals surface area contributed by atoms with Crippen LogP contribution in [0.4, 0.5) is 0 Å². The molecule has 2 N–H and O–H groups in total. The number of phenols is 1. The van der Waals surface area contributed by atoms with Crippen molar-refractivity contribution >= 4 is 16.7 Å². The minimum atomic E-state index is -0.0496. The molecule has 24 heavy (non-hydrogen) atoms. The third-order valence-electron chi connectivity index (χ3n) is 4.26. The van der Waals surface area contributed by atoms with E-state index in [2.05, 4.69) is 35.6 Å². The van der Waals surface area contributed by atoms with Gasteiger partial charge in [0.15, 0.2) is 0 Å². The zero-order valence-corrected chi connectivity index (χ0v) is 13.7. The second-order valence-corrected chi connectivity index (χ2v) is 6.02.